The van der Waals surface area contributed by atoms with Gasteiger partial charge in [0.15, 0.2) is 0 Å². The van der Waals surface area contributed by atoms with Crippen LogP contribution in [0.4, 0.5) is 0 Å². The molecule has 2 aromatic rings. The summed E-state index contributed by atoms with van der Waals surface area (Å²) in [7, 11) is -1.65. The van der Waals surface area contributed by atoms with Crippen molar-refractivity contribution in [3.8, 4) is 0 Å². The lowest BCUT2D eigenvalue weighted by Gasteiger charge is -2.23. The van der Waals surface area contributed by atoms with Crippen LogP contribution in [0.3, 0.4) is 0 Å². The van der Waals surface area contributed by atoms with E-state index < -0.39 is 10.0 Å². The molecule has 1 aliphatic heterocycles. The largest absolute Gasteiger partial charge is 0.336 e. The minimum Gasteiger partial charge on any atom is -0.336 e. The van der Waals surface area contributed by atoms with E-state index in [0.717, 1.165) is 24.4 Å². The highest BCUT2D eigenvalue weighted by molar-refractivity contribution is 7.89. The highest BCUT2D eigenvalue weighted by Gasteiger charge is 2.39. The SMILES string of the molecule is CCn1ncc(S(=O)(=O)N2CCCC2c2nc(C)cn2C)c1C. The predicted octanol–water partition coefficient (Wildman–Crippen LogP) is 1.78. The molecule has 3 rings (SSSR count). The van der Waals surface area contributed by atoms with Crippen LogP contribution in [0.2, 0.25) is 0 Å². The second kappa shape index (κ2) is 5.76. The minimum absolute atomic E-state index is 0.205. The fourth-order valence-corrected chi connectivity index (χ4v) is 5.17. The Morgan fingerprint density at radius 1 is 1.35 bits per heavy atom. The van der Waals surface area contributed by atoms with E-state index in [0.29, 0.717) is 23.7 Å². The van der Waals surface area contributed by atoms with E-state index in [2.05, 4.69) is 10.1 Å². The average Bonchev–Trinajstić information content (AvgIpc) is 3.17. The highest BCUT2D eigenvalue weighted by Crippen LogP contribution is 2.36. The molecule has 7 nitrogen and oxygen atoms in total. The summed E-state index contributed by atoms with van der Waals surface area (Å²) in [5.74, 6) is 0.809. The van der Waals surface area contributed by atoms with Crippen LogP contribution in [-0.2, 0) is 23.6 Å². The zero-order chi connectivity index (χ0) is 16.8. The first-order valence-electron chi connectivity index (χ1n) is 7.90. The molecule has 126 valence electrons. The Morgan fingerprint density at radius 3 is 2.65 bits per heavy atom. The van der Waals surface area contributed by atoms with Crippen molar-refractivity contribution in [1.82, 2.24) is 23.6 Å². The molecule has 0 spiro atoms. The molecule has 23 heavy (non-hydrogen) atoms. The van der Waals surface area contributed by atoms with Gasteiger partial charge >= 0.3 is 0 Å². The Balaban J connectivity index is 2.01. The van der Waals surface area contributed by atoms with Gasteiger partial charge in [-0.3, -0.25) is 4.68 Å². The normalized spacial score (nSPS) is 19.6. The maximum absolute atomic E-state index is 13.1. The summed E-state index contributed by atoms with van der Waals surface area (Å²) in [5.41, 5.74) is 1.59. The summed E-state index contributed by atoms with van der Waals surface area (Å²) < 4.78 is 31.5. The smallest absolute Gasteiger partial charge is 0.247 e. The van der Waals surface area contributed by atoms with Gasteiger partial charge in [-0.1, -0.05) is 0 Å². The summed E-state index contributed by atoms with van der Waals surface area (Å²) in [6, 6.07) is -0.205. The number of aryl methyl sites for hydroxylation is 3. The standard InChI is InChI=1S/C15H23N5O2S/c1-5-19-12(3)14(9-16-19)23(21,22)20-8-6-7-13(20)15-17-11(2)10-18(15)4/h9-10,13H,5-8H2,1-4H3. The van der Waals surface area contributed by atoms with Crippen LogP contribution in [-0.4, -0.2) is 38.6 Å². The maximum atomic E-state index is 13.1. The van der Waals surface area contributed by atoms with Crippen molar-refractivity contribution in [2.75, 3.05) is 6.54 Å². The van der Waals surface area contributed by atoms with Gasteiger partial charge < -0.3 is 4.57 Å². The molecule has 8 heteroatoms. The molecule has 0 radical (unpaired) electrons. The van der Waals surface area contributed by atoms with E-state index in [1.165, 1.54) is 6.20 Å². The fourth-order valence-electron chi connectivity index (χ4n) is 3.36. The Bertz CT molecular complexity index is 821. The van der Waals surface area contributed by atoms with Crippen molar-refractivity contribution < 1.29 is 8.42 Å². The zero-order valence-electron chi connectivity index (χ0n) is 14.0. The third kappa shape index (κ3) is 2.59. The van der Waals surface area contributed by atoms with E-state index >= 15 is 0 Å². The number of aromatic nitrogens is 4. The van der Waals surface area contributed by atoms with Gasteiger partial charge in [0.2, 0.25) is 10.0 Å². The van der Waals surface area contributed by atoms with Gasteiger partial charge in [-0.25, -0.2) is 13.4 Å². The Kier molecular flexibility index (Phi) is 4.05. The third-order valence-corrected chi connectivity index (χ3v) is 6.49. The number of nitrogens with zero attached hydrogens (tertiary/aromatic N) is 5. The fraction of sp³-hybridized carbons (Fsp3) is 0.600. The first-order chi connectivity index (χ1) is 10.9. The highest BCUT2D eigenvalue weighted by atomic mass is 32.2. The summed E-state index contributed by atoms with van der Waals surface area (Å²) in [5, 5.41) is 4.18. The molecule has 1 saturated heterocycles. The van der Waals surface area contributed by atoms with E-state index in [4.69, 9.17) is 0 Å². The number of hydrogen-bond donors (Lipinski definition) is 0. The quantitative estimate of drug-likeness (QED) is 0.852. The number of imidazole rings is 1. The predicted molar refractivity (Wildman–Crippen MR) is 86.4 cm³/mol. The van der Waals surface area contributed by atoms with Crippen molar-refractivity contribution in [2.24, 2.45) is 7.05 Å². The zero-order valence-corrected chi connectivity index (χ0v) is 14.8. The van der Waals surface area contributed by atoms with Gasteiger partial charge in [-0.2, -0.15) is 9.40 Å². The first kappa shape index (κ1) is 16.2. The van der Waals surface area contributed by atoms with E-state index in [9.17, 15) is 8.42 Å². The van der Waals surface area contributed by atoms with Gasteiger partial charge in [0.25, 0.3) is 0 Å². The van der Waals surface area contributed by atoms with Crippen LogP contribution in [0.5, 0.6) is 0 Å². The second-order valence-corrected chi connectivity index (χ2v) is 7.89. The minimum atomic E-state index is -3.57. The number of hydrogen-bond acceptors (Lipinski definition) is 4. The molecule has 3 heterocycles. The molecule has 1 aliphatic rings. The van der Waals surface area contributed by atoms with Crippen LogP contribution in [0.15, 0.2) is 17.3 Å². The summed E-state index contributed by atoms with van der Waals surface area (Å²) in [4.78, 5) is 4.83. The van der Waals surface area contributed by atoms with Crippen LogP contribution in [0, 0.1) is 13.8 Å². The third-order valence-electron chi connectivity index (χ3n) is 4.48. The second-order valence-electron chi connectivity index (χ2n) is 6.04. The molecular weight excluding hydrogens is 314 g/mol. The van der Waals surface area contributed by atoms with Crippen LogP contribution < -0.4 is 0 Å². The van der Waals surface area contributed by atoms with Crippen molar-refractivity contribution in [1.29, 1.82) is 0 Å². The molecule has 0 saturated carbocycles. The van der Waals surface area contributed by atoms with Crippen molar-refractivity contribution in [3.63, 3.8) is 0 Å². The lowest BCUT2D eigenvalue weighted by Crippen LogP contribution is -2.32. The number of rotatable bonds is 4. The Hall–Kier alpha value is -1.67. The summed E-state index contributed by atoms with van der Waals surface area (Å²) in [6.45, 7) is 6.86. The van der Waals surface area contributed by atoms with E-state index in [1.54, 1.807) is 15.9 Å². The molecule has 0 amide bonds. The van der Waals surface area contributed by atoms with E-state index in [-0.39, 0.29) is 6.04 Å². The van der Waals surface area contributed by atoms with Crippen LogP contribution in [0.1, 0.15) is 43.0 Å². The van der Waals surface area contributed by atoms with Gasteiger partial charge in [-0.05, 0) is 33.6 Å². The topological polar surface area (TPSA) is 73.0 Å². The lowest BCUT2D eigenvalue weighted by atomic mass is 10.2. The first-order valence-corrected chi connectivity index (χ1v) is 9.34. The van der Waals surface area contributed by atoms with Gasteiger partial charge in [0.05, 0.1) is 23.6 Å². The van der Waals surface area contributed by atoms with Crippen molar-refractivity contribution >= 4 is 10.0 Å². The molecule has 2 aromatic heterocycles. The van der Waals surface area contributed by atoms with Gasteiger partial charge in [0.1, 0.15) is 10.7 Å². The average molecular weight is 337 g/mol. The molecule has 1 fully saturated rings. The molecule has 0 bridgehead atoms. The Labute approximate surface area is 137 Å². The monoisotopic (exact) mass is 337 g/mol. The van der Waals surface area contributed by atoms with Crippen LogP contribution in [0.25, 0.3) is 0 Å². The van der Waals surface area contributed by atoms with Gasteiger partial charge in [0, 0.05) is 26.3 Å². The summed E-state index contributed by atoms with van der Waals surface area (Å²) >= 11 is 0. The molecule has 0 aliphatic carbocycles. The van der Waals surface area contributed by atoms with Crippen molar-refractivity contribution in [3.05, 3.63) is 29.6 Å². The maximum Gasteiger partial charge on any atom is 0.247 e. The Morgan fingerprint density at radius 2 is 2.09 bits per heavy atom. The molecule has 1 unspecified atom stereocenters. The number of sulfonamides is 1. The molecular formula is C15H23N5O2S. The molecule has 1 atom stereocenters. The van der Waals surface area contributed by atoms with Gasteiger partial charge in [-0.15, -0.1) is 0 Å². The summed E-state index contributed by atoms with van der Waals surface area (Å²) in [6.07, 6.45) is 5.04. The van der Waals surface area contributed by atoms with Crippen LogP contribution >= 0.6 is 0 Å². The lowest BCUT2D eigenvalue weighted by molar-refractivity contribution is 0.377. The van der Waals surface area contributed by atoms with E-state index in [1.807, 2.05) is 31.7 Å². The van der Waals surface area contributed by atoms with Crippen molar-refractivity contribution in [2.45, 2.75) is 51.1 Å². The molecule has 0 aromatic carbocycles. The molecule has 0 N–H and O–H groups in total.